The Morgan fingerprint density at radius 3 is 2.43 bits per heavy atom. The SMILES string of the molecule is Cc1ccc(N(C=O)CC(=O)N(Cc2ccc(F)cc2)C2CC(O)C2)c(F)c1. The molecule has 1 N–H and O–H groups in total. The first kappa shape index (κ1) is 19.9. The smallest absolute Gasteiger partial charge is 0.243 e. The van der Waals surface area contributed by atoms with Gasteiger partial charge in [-0.05, 0) is 55.2 Å². The van der Waals surface area contributed by atoms with Crippen LogP contribution in [-0.2, 0) is 16.1 Å². The van der Waals surface area contributed by atoms with Crippen molar-refractivity contribution in [2.24, 2.45) is 0 Å². The minimum atomic E-state index is -0.580. The fraction of sp³-hybridized carbons (Fsp3) is 0.333. The summed E-state index contributed by atoms with van der Waals surface area (Å²) in [5.74, 6) is -1.32. The van der Waals surface area contributed by atoms with Crippen LogP contribution in [0.3, 0.4) is 0 Å². The molecule has 0 aromatic heterocycles. The zero-order chi connectivity index (χ0) is 20.3. The van der Waals surface area contributed by atoms with Crippen molar-refractivity contribution in [3.05, 3.63) is 65.2 Å². The van der Waals surface area contributed by atoms with Gasteiger partial charge in [0, 0.05) is 12.6 Å². The lowest BCUT2D eigenvalue weighted by Crippen LogP contribution is -2.52. The fourth-order valence-electron chi connectivity index (χ4n) is 3.28. The number of anilines is 1. The Labute approximate surface area is 162 Å². The second-order valence-corrected chi connectivity index (χ2v) is 7.12. The number of carbonyl (C=O) groups excluding carboxylic acids is 2. The molecule has 1 aliphatic rings. The quantitative estimate of drug-likeness (QED) is 0.742. The van der Waals surface area contributed by atoms with Crippen molar-refractivity contribution in [3.8, 4) is 0 Å². The zero-order valence-corrected chi connectivity index (χ0v) is 15.5. The molecule has 148 valence electrons. The van der Waals surface area contributed by atoms with Crippen molar-refractivity contribution in [1.82, 2.24) is 4.90 Å². The van der Waals surface area contributed by atoms with Gasteiger partial charge < -0.3 is 14.9 Å². The highest BCUT2D eigenvalue weighted by Gasteiger charge is 2.35. The molecule has 1 fully saturated rings. The number of aryl methyl sites for hydroxylation is 1. The lowest BCUT2D eigenvalue weighted by Gasteiger charge is -2.41. The van der Waals surface area contributed by atoms with E-state index >= 15 is 0 Å². The van der Waals surface area contributed by atoms with Crippen LogP contribution in [0.1, 0.15) is 24.0 Å². The van der Waals surface area contributed by atoms with Crippen LogP contribution in [0.2, 0.25) is 0 Å². The summed E-state index contributed by atoms with van der Waals surface area (Å²) in [6.45, 7) is 1.63. The van der Waals surface area contributed by atoms with E-state index < -0.39 is 11.9 Å². The van der Waals surface area contributed by atoms with Crippen molar-refractivity contribution in [1.29, 1.82) is 0 Å². The second kappa shape index (κ2) is 8.48. The maximum absolute atomic E-state index is 14.2. The molecule has 0 spiro atoms. The maximum atomic E-state index is 14.2. The van der Waals surface area contributed by atoms with Gasteiger partial charge >= 0.3 is 0 Å². The lowest BCUT2D eigenvalue weighted by atomic mass is 9.87. The summed E-state index contributed by atoms with van der Waals surface area (Å²) < 4.78 is 27.4. The molecule has 3 rings (SSSR count). The number of aliphatic hydroxyl groups is 1. The summed E-state index contributed by atoms with van der Waals surface area (Å²) in [6.07, 6.45) is 0.835. The highest BCUT2D eigenvalue weighted by molar-refractivity contribution is 5.89. The highest BCUT2D eigenvalue weighted by Crippen LogP contribution is 2.28. The highest BCUT2D eigenvalue weighted by atomic mass is 19.1. The van der Waals surface area contributed by atoms with E-state index in [2.05, 4.69) is 0 Å². The maximum Gasteiger partial charge on any atom is 0.243 e. The third-order valence-electron chi connectivity index (χ3n) is 4.96. The van der Waals surface area contributed by atoms with Crippen LogP contribution in [-0.4, -0.2) is 41.0 Å². The first-order valence-electron chi connectivity index (χ1n) is 9.07. The molecular weight excluding hydrogens is 366 g/mol. The number of aliphatic hydroxyl groups excluding tert-OH is 1. The summed E-state index contributed by atoms with van der Waals surface area (Å²) in [6, 6.07) is 10.0. The van der Waals surface area contributed by atoms with Gasteiger partial charge in [-0.2, -0.15) is 0 Å². The van der Waals surface area contributed by atoms with Gasteiger partial charge in [0.25, 0.3) is 0 Å². The Morgan fingerprint density at radius 1 is 1.18 bits per heavy atom. The van der Waals surface area contributed by atoms with E-state index in [0.29, 0.717) is 24.8 Å². The molecule has 0 saturated heterocycles. The standard InChI is InChI=1S/C21H22F2N2O3/c1-14-2-7-20(19(23)8-14)24(13-26)12-21(28)25(17-9-18(27)10-17)11-15-3-5-16(22)6-4-15/h2-8,13,17-18,27H,9-12H2,1H3. The van der Waals surface area contributed by atoms with Crippen LogP contribution >= 0.6 is 0 Å². The van der Waals surface area contributed by atoms with E-state index in [-0.39, 0.29) is 36.5 Å². The number of carbonyl (C=O) groups is 2. The molecule has 28 heavy (non-hydrogen) atoms. The average Bonchev–Trinajstić information content (AvgIpc) is 2.63. The van der Waals surface area contributed by atoms with E-state index in [1.807, 2.05) is 0 Å². The summed E-state index contributed by atoms with van der Waals surface area (Å²) >= 11 is 0. The number of nitrogens with zero attached hydrogens (tertiary/aromatic N) is 2. The summed E-state index contributed by atoms with van der Waals surface area (Å²) in [4.78, 5) is 27.0. The van der Waals surface area contributed by atoms with Gasteiger partial charge in [0.2, 0.25) is 12.3 Å². The number of halogens is 2. The molecule has 0 unspecified atom stereocenters. The third kappa shape index (κ3) is 4.54. The first-order chi connectivity index (χ1) is 13.4. The molecule has 2 aromatic rings. The number of hydrogen-bond acceptors (Lipinski definition) is 3. The molecule has 0 aliphatic heterocycles. The number of amides is 2. The van der Waals surface area contributed by atoms with Crippen LogP contribution in [0.25, 0.3) is 0 Å². The van der Waals surface area contributed by atoms with Gasteiger partial charge in [-0.1, -0.05) is 18.2 Å². The van der Waals surface area contributed by atoms with Gasteiger partial charge in [-0.3, -0.25) is 9.59 Å². The van der Waals surface area contributed by atoms with E-state index in [4.69, 9.17) is 0 Å². The van der Waals surface area contributed by atoms with Crippen LogP contribution in [0.4, 0.5) is 14.5 Å². The molecule has 1 saturated carbocycles. The van der Waals surface area contributed by atoms with Gasteiger partial charge in [-0.25, -0.2) is 8.78 Å². The largest absolute Gasteiger partial charge is 0.393 e. The predicted octanol–water partition coefficient (Wildman–Crippen LogP) is 2.79. The molecular formula is C21H22F2N2O3. The molecule has 0 radical (unpaired) electrons. The lowest BCUT2D eigenvalue weighted by molar-refractivity contribution is -0.137. The summed E-state index contributed by atoms with van der Waals surface area (Å²) in [5.41, 5.74) is 1.47. The minimum Gasteiger partial charge on any atom is -0.393 e. The summed E-state index contributed by atoms with van der Waals surface area (Å²) in [7, 11) is 0. The number of hydrogen-bond donors (Lipinski definition) is 1. The molecule has 2 aromatic carbocycles. The van der Waals surface area contributed by atoms with E-state index in [9.17, 15) is 23.5 Å². The van der Waals surface area contributed by atoms with Crippen molar-refractivity contribution < 1.29 is 23.5 Å². The molecule has 1 aliphatic carbocycles. The minimum absolute atomic E-state index is 0.0318. The van der Waals surface area contributed by atoms with E-state index in [1.165, 1.54) is 24.3 Å². The van der Waals surface area contributed by atoms with Gasteiger partial charge in [0.1, 0.15) is 18.2 Å². The molecule has 0 bridgehead atoms. The number of rotatable bonds is 7. The normalized spacial score (nSPS) is 18.3. The van der Waals surface area contributed by atoms with E-state index in [0.717, 1.165) is 10.5 Å². The molecule has 5 nitrogen and oxygen atoms in total. The first-order valence-corrected chi connectivity index (χ1v) is 9.07. The number of benzene rings is 2. The molecule has 0 atom stereocenters. The Hall–Kier alpha value is -2.80. The fourth-order valence-corrected chi connectivity index (χ4v) is 3.28. The zero-order valence-electron chi connectivity index (χ0n) is 15.5. The van der Waals surface area contributed by atoms with Gasteiger partial charge in [-0.15, -0.1) is 0 Å². The van der Waals surface area contributed by atoms with Crippen molar-refractivity contribution in [2.45, 2.75) is 38.5 Å². The Bertz CT molecular complexity index is 851. The molecule has 2 amide bonds. The third-order valence-corrected chi connectivity index (χ3v) is 4.96. The molecule has 0 heterocycles. The predicted molar refractivity (Wildman–Crippen MR) is 101 cm³/mol. The Morgan fingerprint density at radius 2 is 1.86 bits per heavy atom. The Kier molecular flexibility index (Phi) is 6.04. The van der Waals surface area contributed by atoms with Crippen LogP contribution in [0.5, 0.6) is 0 Å². The topological polar surface area (TPSA) is 60.9 Å². The average molecular weight is 388 g/mol. The molecule has 7 heteroatoms. The van der Waals surface area contributed by atoms with Gasteiger partial charge in [0.15, 0.2) is 0 Å². The van der Waals surface area contributed by atoms with Crippen LogP contribution in [0.15, 0.2) is 42.5 Å². The van der Waals surface area contributed by atoms with Crippen molar-refractivity contribution in [3.63, 3.8) is 0 Å². The Balaban J connectivity index is 1.77. The van der Waals surface area contributed by atoms with Crippen LogP contribution < -0.4 is 4.90 Å². The van der Waals surface area contributed by atoms with Crippen LogP contribution in [0, 0.1) is 18.6 Å². The van der Waals surface area contributed by atoms with Crippen molar-refractivity contribution >= 4 is 18.0 Å². The van der Waals surface area contributed by atoms with E-state index in [1.54, 1.807) is 30.0 Å². The van der Waals surface area contributed by atoms with Crippen molar-refractivity contribution in [2.75, 3.05) is 11.4 Å². The van der Waals surface area contributed by atoms with Gasteiger partial charge in [0.05, 0.1) is 11.8 Å². The monoisotopic (exact) mass is 388 g/mol. The summed E-state index contributed by atoms with van der Waals surface area (Å²) in [5, 5.41) is 9.62. The second-order valence-electron chi connectivity index (χ2n) is 7.12.